The van der Waals surface area contributed by atoms with E-state index in [1.54, 1.807) is 0 Å². The molecule has 2 heteroatoms. The van der Waals surface area contributed by atoms with Crippen LogP contribution in [0.25, 0.3) is 0 Å². The minimum atomic E-state index is 0.109. The summed E-state index contributed by atoms with van der Waals surface area (Å²) in [5.41, 5.74) is 3.57. The van der Waals surface area contributed by atoms with Crippen molar-refractivity contribution in [1.29, 1.82) is 0 Å². The topological polar surface area (TPSA) is 24.4 Å². The van der Waals surface area contributed by atoms with Crippen LogP contribution >= 0.6 is 0 Å². The van der Waals surface area contributed by atoms with Gasteiger partial charge >= 0.3 is 0 Å². The number of nitrogens with zero attached hydrogens (tertiary/aromatic N) is 1. The Labute approximate surface area is 113 Å². The fourth-order valence-corrected chi connectivity index (χ4v) is 2.26. The number of hydrogen-bond acceptors (Lipinski definition) is 2. The number of benzene rings is 2. The number of rotatable bonds is 2. The van der Waals surface area contributed by atoms with Crippen molar-refractivity contribution in [3.63, 3.8) is 0 Å². The zero-order chi connectivity index (χ0) is 13.1. The fraction of sp³-hybridized carbons (Fsp3) is 0.118. The maximum absolute atomic E-state index is 4.84. The highest BCUT2D eigenvalue weighted by Gasteiger charge is 2.17. The molecule has 2 nitrogen and oxygen atoms in total. The minimum Gasteiger partial charge on any atom is -0.346 e. The second-order valence-electron chi connectivity index (χ2n) is 4.69. The maximum Gasteiger partial charge on any atom is 0.133 e. The van der Waals surface area contributed by atoms with Gasteiger partial charge in [0.15, 0.2) is 0 Å². The van der Waals surface area contributed by atoms with E-state index in [4.69, 9.17) is 4.99 Å². The predicted octanol–water partition coefficient (Wildman–Crippen LogP) is 3.68. The Bertz CT molecular complexity index is 612. The molecular formula is C17H16N2. The van der Waals surface area contributed by atoms with Gasteiger partial charge in [0, 0.05) is 11.8 Å². The van der Waals surface area contributed by atoms with Crippen molar-refractivity contribution < 1.29 is 0 Å². The lowest BCUT2D eigenvalue weighted by atomic mass is 9.99. The average Bonchev–Trinajstić information content (AvgIpc) is 2.49. The molecule has 0 fully saturated rings. The lowest BCUT2D eigenvalue weighted by Crippen LogP contribution is -2.25. The molecule has 0 amide bonds. The van der Waals surface area contributed by atoms with Gasteiger partial charge in [0.2, 0.25) is 0 Å². The van der Waals surface area contributed by atoms with Crippen LogP contribution in [-0.4, -0.2) is 5.84 Å². The van der Waals surface area contributed by atoms with Gasteiger partial charge in [-0.2, -0.15) is 0 Å². The van der Waals surface area contributed by atoms with Crippen molar-refractivity contribution >= 4 is 5.84 Å². The lowest BCUT2D eigenvalue weighted by Gasteiger charge is -2.21. The minimum absolute atomic E-state index is 0.109. The summed E-state index contributed by atoms with van der Waals surface area (Å²) in [4.78, 5) is 4.84. The third-order valence-electron chi connectivity index (χ3n) is 3.29. The summed E-state index contributed by atoms with van der Waals surface area (Å²) in [5, 5.41) is 3.27. The molecule has 0 radical (unpaired) electrons. The summed E-state index contributed by atoms with van der Waals surface area (Å²) in [6.45, 7) is 2.11. The summed E-state index contributed by atoms with van der Waals surface area (Å²) >= 11 is 0. The zero-order valence-electron chi connectivity index (χ0n) is 10.9. The van der Waals surface area contributed by atoms with Crippen molar-refractivity contribution in [3.05, 3.63) is 83.6 Å². The normalized spacial score (nSPS) is 18.3. The molecule has 0 saturated carbocycles. The molecule has 0 aliphatic carbocycles. The van der Waals surface area contributed by atoms with E-state index in [-0.39, 0.29) is 6.04 Å². The number of nitrogens with one attached hydrogen (secondary N) is 1. The first-order valence-corrected chi connectivity index (χ1v) is 6.46. The highest BCUT2D eigenvalue weighted by atomic mass is 15.0. The molecule has 1 aliphatic rings. The van der Waals surface area contributed by atoms with E-state index < -0.39 is 0 Å². The fourth-order valence-electron chi connectivity index (χ4n) is 2.26. The molecule has 19 heavy (non-hydrogen) atoms. The Morgan fingerprint density at radius 1 is 0.895 bits per heavy atom. The van der Waals surface area contributed by atoms with E-state index >= 15 is 0 Å². The molecule has 2 aromatic carbocycles. The summed E-state index contributed by atoms with van der Waals surface area (Å²) in [6, 6.07) is 20.7. The van der Waals surface area contributed by atoms with Gasteiger partial charge in [-0.15, -0.1) is 0 Å². The Morgan fingerprint density at radius 3 is 2.21 bits per heavy atom. The third kappa shape index (κ3) is 2.43. The average molecular weight is 248 g/mol. The van der Waals surface area contributed by atoms with E-state index in [0.717, 1.165) is 11.4 Å². The largest absolute Gasteiger partial charge is 0.346 e. The number of aliphatic imine (C=N–C) groups is 1. The first-order valence-electron chi connectivity index (χ1n) is 6.46. The molecule has 2 aromatic rings. The van der Waals surface area contributed by atoms with Crippen molar-refractivity contribution in [2.45, 2.75) is 13.0 Å². The first-order chi connectivity index (χ1) is 9.34. The second-order valence-corrected chi connectivity index (χ2v) is 4.69. The van der Waals surface area contributed by atoms with Crippen LogP contribution in [0.5, 0.6) is 0 Å². The third-order valence-corrected chi connectivity index (χ3v) is 3.29. The van der Waals surface area contributed by atoms with Crippen molar-refractivity contribution in [1.82, 2.24) is 5.32 Å². The van der Waals surface area contributed by atoms with Gasteiger partial charge in [-0.3, -0.25) is 4.99 Å². The van der Waals surface area contributed by atoms with Crippen LogP contribution in [-0.2, 0) is 0 Å². The molecule has 1 aliphatic heterocycles. The molecule has 1 N–H and O–H groups in total. The van der Waals surface area contributed by atoms with Crippen molar-refractivity contribution in [2.24, 2.45) is 4.99 Å². The van der Waals surface area contributed by atoms with Crippen molar-refractivity contribution in [2.75, 3.05) is 0 Å². The van der Waals surface area contributed by atoms with Gasteiger partial charge in [0.1, 0.15) is 5.84 Å². The molecule has 1 atom stereocenters. The highest BCUT2D eigenvalue weighted by molar-refractivity contribution is 6.00. The summed E-state index contributed by atoms with van der Waals surface area (Å²) in [7, 11) is 0. The van der Waals surface area contributed by atoms with Crippen LogP contribution < -0.4 is 5.32 Å². The Kier molecular flexibility index (Phi) is 3.15. The van der Waals surface area contributed by atoms with E-state index in [9.17, 15) is 0 Å². The standard InChI is InChI=1S/C17H16N2/c1-13-12-18-17(15-10-6-3-7-11-15)19-16(13)14-8-4-2-5-9-14/h2-12,16H,1H3,(H,18,19). The van der Waals surface area contributed by atoms with Gasteiger partial charge in [-0.1, -0.05) is 60.7 Å². The SMILES string of the molecule is CC1=CNC(c2ccccc2)=NC1c1ccccc1. The van der Waals surface area contributed by atoms with E-state index in [0.29, 0.717) is 0 Å². The van der Waals surface area contributed by atoms with Crippen LogP contribution in [0.4, 0.5) is 0 Å². The molecule has 1 heterocycles. The van der Waals surface area contributed by atoms with Gasteiger partial charge in [0.25, 0.3) is 0 Å². The van der Waals surface area contributed by atoms with E-state index in [1.807, 2.05) is 30.5 Å². The van der Waals surface area contributed by atoms with Crippen LogP contribution in [0.2, 0.25) is 0 Å². The molecule has 0 saturated heterocycles. The molecule has 3 rings (SSSR count). The molecule has 0 bridgehead atoms. The van der Waals surface area contributed by atoms with E-state index in [1.165, 1.54) is 11.1 Å². The van der Waals surface area contributed by atoms with Crippen LogP contribution in [0, 0.1) is 0 Å². The monoisotopic (exact) mass is 248 g/mol. The number of amidine groups is 1. The molecule has 0 aromatic heterocycles. The summed E-state index contributed by atoms with van der Waals surface area (Å²) in [6.07, 6.45) is 2.05. The molecular weight excluding hydrogens is 232 g/mol. The van der Waals surface area contributed by atoms with Gasteiger partial charge < -0.3 is 5.32 Å². The van der Waals surface area contributed by atoms with Gasteiger partial charge in [-0.05, 0) is 18.1 Å². The number of hydrogen-bond donors (Lipinski definition) is 1. The Hall–Kier alpha value is -2.35. The molecule has 94 valence electrons. The van der Waals surface area contributed by atoms with Gasteiger partial charge in [0.05, 0.1) is 6.04 Å². The highest BCUT2D eigenvalue weighted by Crippen LogP contribution is 2.27. The molecule has 1 unspecified atom stereocenters. The predicted molar refractivity (Wildman–Crippen MR) is 79.1 cm³/mol. The summed E-state index contributed by atoms with van der Waals surface area (Å²) < 4.78 is 0. The van der Waals surface area contributed by atoms with Crippen LogP contribution in [0.3, 0.4) is 0 Å². The van der Waals surface area contributed by atoms with Crippen LogP contribution in [0.15, 0.2) is 77.4 Å². The maximum atomic E-state index is 4.84. The Morgan fingerprint density at radius 2 is 1.53 bits per heavy atom. The Balaban J connectivity index is 1.98. The second kappa shape index (κ2) is 5.11. The van der Waals surface area contributed by atoms with Gasteiger partial charge in [-0.25, -0.2) is 0 Å². The van der Waals surface area contributed by atoms with E-state index in [2.05, 4.69) is 48.6 Å². The zero-order valence-corrected chi connectivity index (χ0v) is 10.9. The molecule has 0 spiro atoms. The van der Waals surface area contributed by atoms with Crippen LogP contribution in [0.1, 0.15) is 24.1 Å². The smallest absolute Gasteiger partial charge is 0.133 e. The lowest BCUT2D eigenvalue weighted by molar-refractivity contribution is 0.810. The summed E-state index contributed by atoms with van der Waals surface area (Å²) in [5.74, 6) is 0.931. The quantitative estimate of drug-likeness (QED) is 0.861. The van der Waals surface area contributed by atoms with Crippen molar-refractivity contribution in [3.8, 4) is 0 Å². The first kappa shape index (κ1) is 11.7.